The number of hydrogen-bond acceptors (Lipinski definition) is 5. The van der Waals surface area contributed by atoms with Crippen molar-refractivity contribution in [3.63, 3.8) is 0 Å². The van der Waals surface area contributed by atoms with Crippen molar-refractivity contribution >= 4 is 35.2 Å². The Hall–Kier alpha value is -3.10. The third-order valence-electron chi connectivity index (χ3n) is 9.32. The summed E-state index contributed by atoms with van der Waals surface area (Å²) in [6, 6.07) is 16.9. The Labute approximate surface area is 246 Å². The van der Waals surface area contributed by atoms with E-state index in [1.807, 2.05) is 67.8 Å². The topological polar surface area (TPSA) is 87.7 Å². The molecule has 1 spiro atoms. The fraction of sp³-hybridized carbons (Fsp3) is 0.485. The maximum atomic E-state index is 14.3. The Morgan fingerprint density at radius 2 is 1.85 bits per heavy atom. The Bertz CT molecular complexity index is 1330. The molecule has 2 bridgehead atoms. The molecule has 0 aromatic heterocycles. The molecule has 2 aromatic carbocycles. The molecule has 1 saturated carbocycles. The van der Waals surface area contributed by atoms with Crippen LogP contribution in [0.3, 0.4) is 0 Å². The molecule has 3 heterocycles. The first-order chi connectivity index (χ1) is 19.9. The van der Waals surface area contributed by atoms with E-state index >= 15 is 0 Å². The maximum absolute atomic E-state index is 14.3. The van der Waals surface area contributed by atoms with Crippen LogP contribution in [0.4, 0.5) is 5.69 Å². The Morgan fingerprint density at radius 3 is 2.61 bits per heavy atom. The van der Waals surface area contributed by atoms with E-state index in [9.17, 15) is 14.4 Å². The fourth-order valence-corrected chi connectivity index (χ4v) is 7.75. The summed E-state index contributed by atoms with van der Waals surface area (Å²) < 4.78 is 6.54. The summed E-state index contributed by atoms with van der Waals surface area (Å²) in [6.45, 7) is 2.01. The molecular formula is C33H39N3O4S. The number of nitrogens with one attached hydrogen (secondary N) is 2. The lowest BCUT2D eigenvalue weighted by molar-refractivity contribution is -0.143. The SMILES string of the molecule is CSc1cccc(NC(=O)[C@H]2[C@H]3C=C[C@]4(O3)[C@H](C(=O)NC3CCCCC3)N([C@@H](C)CCc3ccccc3)C(=O)[C@@H]24)c1. The molecular weight excluding hydrogens is 534 g/mol. The van der Waals surface area contributed by atoms with E-state index in [0.29, 0.717) is 12.1 Å². The van der Waals surface area contributed by atoms with Crippen LogP contribution in [-0.2, 0) is 25.5 Å². The Kier molecular flexibility index (Phi) is 7.97. The van der Waals surface area contributed by atoms with Crippen molar-refractivity contribution in [2.45, 2.75) is 86.6 Å². The molecule has 1 aliphatic carbocycles. The highest BCUT2D eigenvalue weighted by Gasteiger charge is 2.73. The Morgan fingerprint density at radius 1 is 1.07 bits per heavy atom. The molecule has 7 nitrogen and oxygen atoms in total. The number of hydrogen-bond donors (Lipinski definition) is 2. The number of carbonyl (C=O) groups excluding carboxylic acids is 3. The molecule has 3 amide bonds. The van der Waals surface area contributed by atoms with Crippen molar-refractivity contribution in [3.8, 4) is 0 Å². The van der Waals surface area contributed by atoms with E-state index in [1.54, 1.807) is 16.7 Å². The zero-order valence-corrected chi connectivity index (χ0v) is 24.6. The third-order valence-corrected chi connectivity index (χ3v) is 10.0. The first-order valence-corrected chi connectivity index (χ1v) is 16.1. The second kappa shape index (κ2) is 11.6. The van der Waals surface area contributed by atoms with Crippen LogP contribution in [0.2, 0.25) is 0 Å². The first kappa shape index (κ1) is 28.0. The van der Waals surface area contributed by atoms with Gasteiger partial charge in [0.05, 0.1) is 17.9 Å². The number of carbonyl (C=O) groups is 3. The molecule has 216 valence electrons. The van der Waals surface area contributed by atoms with Gasteiger partial charge in [-0.25, -0.2) is 0 Å². The predicted molar refractivity (Wildman–Crippen MR) is 160 cm³/mol. The van der Waals surface area contributed by atoms with E-state index in [1.165, 1.54) is 12.0 Å². The van der Waals surface area contributed by atoms with Crippen LogP contribution in [-0.4, -0.2) is 58.7 Å². The first-order valence-electron chi connectivity index (χ1n) is 14.9. The van der Waals surface area contributed by atoms with Gasteiger partial charge in [0, 0.05) is 22.7 Å². The van der Waals surface area contributed by atoms with Crippen LogP contribution in [0, 0.1) is 11.8 Å². The normalized spacial score (nSPS) is 29.4. The average Bonchev–Trinajstić information content (AvgIpc) is 3.64. The minimum Gasteiger partial charge on any atom is -0.359 e. The van der Waals surface area contributed by atoms with Crippen molar-refractivity contribution in [2.24, 2.45) is 11.8 Å². The minimum atomic E-state index is -1.15. The summed E-state index contributed by atoms with van der Waals surface area (Å²) in [7, 11) is 0. The summed E-state index contributed by atoms with van der Waals surface area (Å²) in [5.41, 5.74) is 0.729. The molecule has 0 radical (unpaired) electrons. The van der Waals surface area contributed by atoms with Gasteiger partial charge < -0.3 is 20.3 Å². The molecule has 6 rings (SSSR count). The lowest BCUT2D eigenvalue weighted by atomic mass is 9.74. The maximum Gasteiger partial charge on any atom is 0.246 e. The quantitative estimate of drug-likeness (QED) is 0.327. The smallest absolute Gasteiger partial charge is 0.246 e. The van der Waals surface area contributed by atoms with Crippen molar-refractivity contribution in [2.75, 3.05) is 11.6 Å². The van der Waals surface area contributed by atoms with E-state index in [0.717, 1.165) is 37.0 Å². The van der Waals surface area contributed by atoms with Crippen LogP contribution in [0.15, 0.2) is 71.6 Å². The van der Waals surface area contributed by atoms with Gasteiger partial charge in [0.15, 0.2) is 0 Å². The van der Waals surface area contributed by atoms with Gasteiger partial charge in [0.25, 0.3) is 0 Å². The monoisotopic (exact) mass is 573 g/mol. The summed E-state index contributed by atoms with van der Waals surface area (Å²) in [5, 5.41) is 6.31. The van der Waals surface area contributed by atoms with Crippen molar-refractivity contribution in [3.05, 3.63) is 72.3 Å². The number of benzene rings is 2. The molecule has 8 heteroatoms. The van der Waals surface area contributed by atoms with E-state index < -0.39 is 29.6 Å². The van der Waals surface area contributed by atoms with Gasteiger partial charge >= 0.3 is 0 Å². The molecule has 4 aliphatic rings. The largest absolute Gasteiger partial charge is 0.359 e. The number of likely N-dealkylation sites (tertiary alicyclic amines) is 1. The second-order valence-electron chi connectivity index (χ2n) is 11.9. The number of fused-ring (bicyclic) bond motifs is 1. The number of thioether (sulfide) groups is 1. The molecule has 41 heavy (non-hydrogen) atoms. The average molecular weight is 574 g/mol. The zero-order chi connectivity index (χ0) is 28.6. The number of aryl methyl sites for hydroxylation is 1. The molecule has 2 saturated heterocycles. The molecule has 6 atom stereocenters. The standard InChI is InChI=1S/C33H39N3O4S/c1-21(16-17-22-10-5-3-6-11-22)36-29(31(38)34-23-12-7-4-8-13-23)33-19-18-26(40-33)27(28(33)32(36)39)30(37)35-24-14-9-15-25(20-24)41-2/h3,5-6,9-11,14-15,18-21,23,26-29H,4,7-8,12-13,16-17H2,1-2H3,(H,34,38)(H,35,37)/t21-,26+,27-,28+,29-,33+/m0/s1. The van der Waals surface area contributed by atoms with E-state index in [-0.39, 0.29) is 29.8 Å². The van der Waals surface area contributed by atoms with Gasteiger partial charge in [0.1, 0.15) is 11.6 Å². The van der Waals surface area contributed by atoms with Crippen LogP contribution < -0.4 is 10.6 Å². The summed E-state index contributed by atoms with van der Waals surface area (Å²) >= 11 is 1.60. The predicted octanol–water partition coefficient (Wildman–Crippen LogP) is 4.97. The van der Waals surface area contributed by atoms with Gasteiger partial charge in [-0.15, -0.1) is 11.8 Å². The number of ether oxygens (including phenoxy) is 1. The lowest BCUT2D eigenvalue weighted by Gasteiger charge is -2.36. The molecule has 2 N–H and O–H groups in total. The van der Waals surface area contributed by atoms with Gasteiger partial charge in [-0.3, -0.25) is 14.4 Å². The zero-order valence-electron chi connectivity index (χ0n) is 23.8. The van der Waals surface area contributed by atoms with E-state index in [2.05, 4.69) is 22.8 Å². The van der Waals surface area contributed by atoms with Crippen molar-refractivity contribution in [1.82, 2.24) is 10.2 Å². The van der Waals surface area contributed by atoms with Gasteiger partial charge in [-0.2, -0.15) is 0 Å². The van der Waals surface area contributed by atoms with Crippen LogP contribution >= 0.6 is 11.8 Å². The van der Waals surface area contributed by atoms with Crippen molar-refractivity contribution < 1.29 is 19.1 Å². The Balaban J connectivity index is 1.29. The second-order valence-corrected chi connectivity index (χ2v) is 12.8. The minimum absolute atomic E-state index is 0.105. The number of nitrogens with zero attached hydrogens (tertiary/aromatic N) is 1. The van der Waals surface area contributed by atoms with Crippen LogP contribution in [0.1, 0.15) is 51.0 Å². The van der Waals surface area contributed by atoms with Gasteiger partial charge in [0.2, 0.25) is 17.7 Å². The van der Waals surface area contributed by atoms with Crippen molar-refractivity contribution in [1.29, 1.82) is 0 Å². The van der Waals surface area contributed by atoms with Crippen LogP contribution in [0.5, 0.6) is 0 Å². The molecule has 2 aromatic rings. The highest BCUT2D eigenvalue weighted by molar-refractivity contribution is 7.98. The van der Waals surface area contributed by atoms with Gasteiger partial charge in [-0.05, 0) is 62.6 Å². The number of rotatable bonds is 9. The fourth-order valence-electron chi connectivity index (χ4n) is 7.29. The molecule has 3 aliphatic heterocycles. The molecule has 3 fully saturated rings. The third kappa shape index (κ3) is 5.21. The number of anilines is 1. The highest BCUT2D eigenvalue weighted by atomic mass is 32.2. The molecule has 0 unspecified atom stereocenters. The summed E-state index contributed by atoms with van der Waals surface area (Å²) in [6.07, 6.45) is 12.0. The lowest BCUT2D eigenvalue weighted by Crippen LogP contribution is -2.58. The summed E-state index contributed by atoms with van der Waals surface area (Å²) in [4.78, 5) is 45.0. The summed E-state index contributed by atoms with van der Waals surface area (Å²) in [5.74, 6) is -2.04. The highest BCUT2D eigenvalue weighted by Crippen LogP contribution is 2.56. The van der Waals surface area contributed by atoms with Crippen LogP contribution in [0.25, 0.3) is 0 Å². The van der Waals surface area contributed by atoms with Gasteiger partial charge in [-0.1, -0.05) is 67.8 Å². The number of amides is 3. The van der Waals surface area contributed by atoms with E-state index in [4.69, 9.17) is 4.74 Å².